The van der Waals surface area contributed by atoms with Crippen LogP contribution in [0.25, 0.3) is 0 Å². The Hall–Kier alpha value is -3.04. The Morgan fingerprint density at radius 1 is 0.606 bits per heavy atom. The first-order valence-electron chi connectivity index (χ1n) is 10.8. The summed E-state index contributed by atoms with van der Waals surface area (Å²) in [6.07, 6.45) is 0. The van der Waals surface area contributed by atoms with Crippen LogP contribution in [0, 0.1) is 0 Å². The van der Waals surface area contributed by atoms with Crippen molar-refractivity contribution in [1.29, 1.82) is 0 Å². The first-order valence-corrected chi connectivity index (χ1v) is 12.4. The molecule has 174 valence electrons. The quantitative estimate of drug-likeness (QED) is 0.343. The van der Waals surface area contributed by atoms with Gasteiger partial charge in [0.05, 0.1) is 0 Å². The molecule has 33 heavy (non-hydrogen) atoms. The molecule has 3 aromatic carbocycles. The Labute approximate surface area is 196 Å². The van der Waals surface area contributed by atoms with Gasteiger partial charge in [0.2, 0.25) is 0 Å². The largest absolute Gasteiger partial charge is 0.540 e. The van der Waals surface area contributed by atoms with Gasteiger partial charge in [-0.2, -0.15) is 0 Å². The molecule has 0 aliphatic carbocycles. The predicted molar refractivity (Wildman–Crippen MR) is 132 cm³/mol. The van der Waals surface area contributed by atoms with E-state index in [1.807, 2.05) is 24.3 Å². The van der Waals surface area contributed by atoms with E-state index in [4.69, 9.17) is 13.8 Å². The van der Waals surface area contributed by atoms with E-state index in [0.717, 1.165) is 11.1 Å². The van der Waals surface area contributed by atoms with Crippen LogP contribution in [0.3, 0.4) is 0 Å². The second-order valence-electron chi connectivity index (χ2n) is 9.91. The van der Waals surface area contributed by atoms with Gasteiger partial charge in [-0.1, -0.05) is 84.0 Å². The Balaban J connectivity index is 1.90. The third-order valence-electron chi connectivity index (χ3n) is 5.06. The SMILES string of the molecule is CC(C)(C)c1ccc(OP(=O)(Oc2ccc(C(C)(C)C)cc2)C(=O)Oc2ccccc2)cc1. The van der Waals surface area contributed by atoms with Crippen LogP contribution >= 0.6 is 7.60 Å². The van der Waals surface area contributed by atoms with E-state index in [1.165, 1.54) is 0 Å². The van der Waals surface area contributed by atoms with Gasteiger partial charge in [0.25, 0.3) is 0 Å². The lowest BCUT2D eigenvalue weighted by molar-refractivity contribution is 0.215. The molecule has 0 radical (unpaired) electrons. The van der Waals surface area contributed by atoms with Crippen molar-refractivity contribution in [3.05, 3.63) is 90.0 Å². The molecule has 3 rings (SSSR count). The van der Waals surface area contributed by atoms with Crippen LogP contribution in [0.2, 0.25) is 0 Å². The van der Waals surface area contributed by atoms with Crippen LogP contribution in [0.15, 0.2) is 78.9 Å². The smallest absolute Gasteiger partial charge is 0.416 e. The average Bonchev–Trinajstić information content (AvgIpc) is 2.74. The molecular formula is C27H31O5P. The maximum atomic E-state index is 13.7. The highest BCUT2D eigenvalue weighted by Gasteiger charge is 2.41. The minimum Gasteiger partial charge on any atom is -0.416 e. The van der Waals surface area contributed by atoms with Crippen LogP contribution in [0.4, 0.5) is 4.79 Å². The van der Waals surface area contributed by atoms with E-state index in [1.54, 1.807) is 54.6 Å². The lowest BCUT2D eigenvalue weighted by Gasteiger charge is -2.22. The highest BCUT2D eigenvalue weighted by Crippen LogP contribution is 2.50. The maximum absolute atomic E-state index is 13.7. The molecule has 0 saturated carbocycles. The lowest BCUT2D eigenvalue weighted by atomic mass is 9.87. The molecule has 0 spiro atoms. The highest BCUT2D eigenvalue weighted by molar-refractivity contribution is 7.72. The Kier molecular flexibility index (Phi) is 7.04. The number of benzene rings is 3. The first-order chi connectivity index (χ1) is 15.4. The minimum absolute atomic E-state index is 0.0558. The Morgan fingerprint density at radius 2 is 1.00 bits per heavy atom. The number of hydrogen-bond acceptors (Lipinski definition) is 5. The van der Waals surface area contributed by atoms with Gasteiger partial charge in [0.15, 0.2) is 0 Å². The predicted octanol–water partition coefficient (Wildman–Crippen LogP) is 8.13. The van der Waals surface area contributed by atoms with E-state index < -0.39 is 13.3 Å². The lowest BCUT2D eigenvalue weighted by Crippen LogP contribution is -2.16. The zero-order valence-corrected chi connectivity index (χ0v) is 20.9. The molecule has 0 aromatic heterocycles. The van der Waals surface area contributed by atoms with Crippen LogP contribution in [-0.2, 0) is 15.4 Å². The molecule has 0 aliphatic heterocycles. The summed E-state index contributed by atoms with van der Waals surface area (Å²) in [6, 6.07) is 22.6. The monoisotopic (exact) mass is 466 g/mol. The number of ether oxygens (including phenoxy) is 1. The van der Waals surface area contributed by atoms with E-state index in [0.29, 0.717) is 0 Å². The molecule has 0 amide bonds. The van der Waals surface area contributed by atoms with Gasteiger partial charge in [-0.05, 0) is 58.4 Å². The molecule has 0 N–H and O–H groups in total. The molecule has 5 nitrogen and oxygen atoms in total. The molecular weight excluding hydrogens is 435 g/mol. The van der Waals surface area contributed by atoms with Gasteiger partial charge >= 0.3 is 13.3 Å². The summed E-state index contributed by atoms with van der Waals surface area (Å²) in [6.45, 7) is 12.6. The zero-order valence-electron chi connectivity index (χ0n) is 20.0. The van der Waals surface area contributed by atoms with Crippen LogP contribution < -0.4 is 13.8 Å². The van der Waals surface area contributed by atoms with Crippen molar-refractivity contribution in [3.63, 3.8) is 0 Å². The highest BCUT2D eigenvalue weighted by atomic mass is 31.2. The summed E-state index contributed by atoms with van der Waals surface area (Å²) in [5.41, 5.74) is 0.957. The Bertz CT molecular complexity index is 1060. The fraction of sp³-hybridized carbons (Fsp3) is 0.296. The van der Waals surface area contributed by atoms with Gasteiger partial charge in [0, 0.05) is 0 Å². The second kappa shape index (κ2) is 9.44. The first kappa shape index (κ1) is 24.6. The number of carbonyl (C=O) groups is 1. The number of para-hydroxylation sites is 1. The molecule has 0 heterocycles. The number of rotatable bonds is 6. The Morgan fingerprint density at radius 3 is 1.36 bits per heavy atom. The minimum atomic E-state index is -4.39. The van der Waals surface area contributed by atoms with Gasteiger partial charge < -0.3 is 13.8 Å². The molecule has 6 heteroatoms. The molecule has 0 bridgehead atoms. The fourth-order valence-corrected chi connectivity index (χ4v) is 4.25. The normalized spacial score (nSPS) is 12.2. The van der Waals surface area contributed by atoms with Gasteiger partial charge in [-0.15, -0.1) is 0 Å². The third-order valence-corrected chi connectivity index (χ3v) is 6.50. The van der Waals surface area contributed by atoms with Gasteiger partial charge in [0.1, 0.15) is 17.2 Å². The summed E-state index contributed by atoms with van der Waals surface area (Å²) in [7, 11) is -4.39. The van der Waals surface area contributed by atoms with Crippen molar-refractivity contribution >= 4 is 13.3 Å². The molecule has 0 saturated heterocycles. The second-order valence-corrected chi connectivity index (χ2v) is 11.6. The molecule has 0 fully saturated rings. The summed E-state index contributed by atoms with van der Waals surface area (Å²) in [5, 5.41) is 0. The van der Waals surface area contributed by atoms with Gasteiger partial charge in [-0.3, -0.25) is 0 Å². The van der Waals surface area contributed by atoms with Crippen LogP contribution in [-0.4, -0.2) is 5.71 Å². The maximum Gasteiger partial charge on any atom is 0.540 e. The fourth-order valence-electron chi connectivity index (χ4n) is 3.05. The molecule has 3 aromatic rings. The van der Waals surface area contributed by atoms with Crippen molar-refractivity contribution in [2.24, 2.45) is 0 Å². The average molecular weight is 467 g/mol. The molecule has 0 atom stereocenters. The summed E-state index contributed by atoms with van der Waals surface area (Å²) in [5.74, 6) is 0.756. The number of carbonyl (C=O) groups excluding carboxylic acids is 1. The molecule has 0 aliphatic rings. The van der Waals surface area contributed by atoms with Crippen molar-refractivity contribution in [2.45, 2.75) is 52.4 Å². The van der Waals surface area contributed by atoms with E-state index >= 15 is 0 Å². The van der Waals surface area contributed by atoms with Crippen molar-refractivity contribution in [3.8, 4) is 17.2 Å². The molecule has 0 unspecified atom stereocenters. The van der Waals surface area contributed by atoms with Gasteiger partial charge in [-0.25, -0.2) is 9.36 Å². The van der Waals surface area contributed by atoms with Crippen LogP contribution in [0.5, 0.6) is 17.2 Å². The van der Waals surface area contributed by atoms with E-state index in [9.17, 15) is 9.36 Å². The van der Waals surface area contributed by atoms with Crippen molar-refractivity contribution in [2.75, 3.05) is 0 Å². The van der Waals surface area contributed by atoms with E-state index in [-0.39, 0.29) is 28.1 Å². The van der Waals surface area contributed by atoms with E-state index in [2.05, 4.69) is 41.5 Å². The van der Waals surface area contributed by atoms with Crippen molar-refractivity contribution < 1.29 is 23.1 Å². The zero-order chi connectivity index (χ0) is 24.3. The summed E-state index contributed by atoms with van der Waals surface area (Å²) in [4.78, 5) is 13.0. The van der Waals surface area contributed by atoms with Crippen LogP contribution in [0.1, 0.15) is 52.7 Å². The van der Waals surface area contributed by atoms with Crippen molar-refractivity contribution in [1.82, 2.24) is 0 Å². The standard InChI is InChI=1S/C27H31O5P/c1-26(2,3)20-12-16-23(17-13-20)31-33(29,25(28)30-22-10-8-7-9-11-22)32-24-18-14-21(15-19-24)27(4,5)6/h7-19H,1-6H3. The topological polar surface area (TPSA) is 61.8 Å². The summed E-state index contributed by atoms with van der Waals surface area (Å²) >= 11 is 0. The third kappa shape index (κ3) is 6.49. The summed E-state index contributed by atoms with van der Waals surface area (Å²) < 4.78 is 30.4. The number of hydrogen-bond donors (Lipinski definition) is 0.